The molecule has 3 aromatic rings. The normalized spacial score (nSPS) is 8.95. The van der Waals surface area contributed by atoms with Crippen LogP contribution in [0.4, 0.5) is 34.1 Å². The summed E-state index contributed by atoms with van der Waals surface area (Å²) in [5, 5.41) is 1.28. The van der Waals surface area contributed by atoms with Gasteiger partial charge >= 0.3 is 0 Å². The molecule has 0 aliphatic carbocycles. The van der Waals surface area contributed by atoms with E-state index in [-0.39, 0.29) is 5.69 Å². The average Bonchev–Trinajstić information content (AvgIpc) is 2.88. The second-order valence-electron chi connectivity index (χ2n) is 7.01. The van der Waals surface area contributed by atoms with Crippen LogP contribution in [0.1, 0.15) is 16.7 Å². The molecule has 0 amide bonds. The molecule has 0 aromatic heterocycles. The second kappa shape index (κ2) is 13.2. The minimum Gasteiger partial charge on any atom is -0.211 e. The SMILES string of the molecule is Cc1c(N=C=O)c(C)c(N=C=O)c(C)c1N=C=O.O=C=Nc1cc(N=C=O)c2cc(N=C=O)ccc2c1. The van der Waals surface area contributed by atoms with Gasteiger partial charge in [-0.15, -0.1) is 0 Å². The van der Waals surface area contributed by atoms with Crippen molar-refractivity contribution >= 4 is 81.4 Å². The van der Waals surface area contributed by atoms with Crippen molar-refractivity contribution in [3.63, 3.8) is 0 Å². The van der Waals surface area contributed by atoms with E-state index in [1.54, 1.807) is 45.0 Å². The number of isocyanates is 6. The third kappa shape index (κ3) is 6.41. The first kappa shape index (κ1) is 27.4. The lowest BCUT2D eigenvalue weighted by Crippen LogP contribution is -1.89. The maximum Gasteiger partial charge on any atom is 0.240 e. The van der Waals surface area contributed by atoms with E-state index in [4.69, 9.17) is 0 Å². The van der Waals surface area contributed by atoms with Gasteiger partial charge in [0.1, 0.15) is 0 Å². The molecule has 37 heavy (non-hydrogen) atoms. The fourth-order valence-corrected chi connectivity index (χ4v) is 3.51. The highest BCUT2D eigenvalue weighted by Gasteiger charge is 2.16. The molecule has 0 bridgehead atoms. The van der Waals surface area contributed by atoms with Gasteiger partial charge < -0.3 is 0 Å². The van der Waals surface area contributed by atoms with Crippen LogP contribution in [0.25, 0.3) is 10.8 Å². The Labute approximate surface area is 208 Å². The lowest BCUT2D eigenvalue weighted by atomic mass is 9.99. The molecule has 0 spiro atoms. The molecule has 0 saturated heterocycles. The summed E-state index contributed by atoms with van der Waals surface area (Å²) in [5.41, 5.74) is 3.45. The molecular weight excluding hydrogens is 480 g/mol. The van der Waals surface area contributed by atoms with Crippen molar-refractivity contribution in [2.24, 2.45) is 30.0 Å². The quantitative estimate of drug-likeness (QED) is 0.333. The highest BCUT2D eigenvalue weighted by molar-refractivity contribution is 5.97. The van der Waals surface area contributed by atoms with E-state index in [0.29, 0.717) is 55.9 Å². The molecule has 0 saturated carbocycles. The smallest absolute Gasteiger partial charge is 0.211 e. The maximum absolute atomic E-state index is 10.4. The van der Waals surface area contributed by atoms with Crippen molar-refractivity contribution in [1.29, 1.82) is 0 Å². The number of nitrogens with zero attached hydrogens (tertiary/aromatic N) is 6. The summed E-state index contributed by atoms with van der Waals surface area (Å²) in [6.45, 7) is 4.96. The molecule has 0 heterocycles. The first-order valence-corrected chi connectivity index (χ1v) is 10.1. The third-order valence-electron chi connectivity index (χ3n) is 5.02. The number of hydrogen-bond donors (Lipinski definition) is 0. The summed E-state index contributed by atoms with van der Waals surface area (Å²) in [4.78, 5) is 83.2. The number of carbonyl (C=O) groups excluding carboxylic acids is 6. The Morgan fingerprint density at radius 2 is 0.919 bits per heavy atom. The van der Waals surface area contributed by atoms with E-state index in [9.17, 15) is 28.8 Å². The van der Waals surface area contributed by atoms with Crippen LogP contribution >= 0.6 is 0 Å². The van der Waals surface area contributed by atoms with Gasteiger partial charge in [-0.1, -0.05) is 6.07 Å². The molecule has 0 unspecified atom stereocenters. The first-order chi connectivity index (χ1) is 17.9. The zero-order valence-corrected chi connectivity index (χ0v) is 19.5. The third-order valence-corrected chi connectivity index (χ3v) is 5.02. The van der Waals surface area contributed by atoms with Gasteiger partial charge in [0.25, 0.3) is 0 Å². The van der Waals surface area contributed by atoms with Gasteiger partial charge in [0, 0.05) is 22.1 Å². The first-order valence-electron chi connectivity index (χ1n) is 10.1. The van der Waals surface area contributed by atoms with Crippen LogP contribution in [-0.2, 0) is 28.8 Å². The van der Waals surface area contributed by atoms with Crippen molar-refractivity contribution in [2.75, 3.05) is 0 Å². The van der Waals surface area contributed by atoms with Crippen LogP contribution in [-0.4, -0.2) is 36.5 Å². The van der Waals surface area contributed by atoms with E-state index in [1.165, 1.54) is 42.5 Å². The van der Waals surface area contributed by atoms with Crippen molar-refractivity contribution in [3.8, 4) is 0 Å². The molecule has 0 N–H and O–H groups in total. The Morgan fingerprint density at radius 3 is 1.35 bits per heavy atom. The van der Waals surface area contributed by atoms with E-state index < -0.39 is 0 Å². The molecule has 0 aliphatic heterocycles. The highest BCUT2D eigenvalue weighted by Crippen LogP contribution is 2.42. The summed E-state index contributed by atoms with van der Waals surface area (Å²) < 4.78 is 0. The summed E-state index contributed by atoms with van der Waals surface area (Å²) in [6, 6.07) is 7.89. The molecule has 0 fully saturated rings. The molecular formula is C25H14N6O6. The number of hydrogen-bond acceptors (Lipinski definition) is 12. The van der Waals surface area contributed by atoms with Gasteiger partial charge in [-0.2, -0.15) is 30.0 Å². The number of rotatable bonds is 6. The zero-order valence-electron chi connectivity index (χ0n) is 19.5. The van der Waals surface area contributed by atoms with Crippen molar-refractivity contribution in [1.82, 2.24) is 0 Å². The largest absolute Gasteiger partial charge is 0.240 e. The fourth-order valence-electron chi connectivity index (χ4n) is 3.51. The summed E-state index contributed by atoms with van der Waals surface area (Å²) in [7, 11) is 0. The Balaban J connectivity index is 0.000000261. The van der Waals surface area contributed by atoms with Gasteiger partial charge in [-0.05, 0) is 50.4 Å². The minimum atomic E-state index is 0.282. The van der Waals surface area contributed by atoms with Crippen LogP contribution in [0.2, 0.25) is 0 Å². The molecule has 12 heteroatoms. The van der Waals surface area contributed by atoms with Crippen LogP contribution in [0, 0.1) is 20.8 Å². The van der Waals surface area contributed by atoms with Crippen molar-refractivity contribution in [3.05, 3.63) is 47.0 Å². The van der Waals surface area contributed by atoms with Gasteiger partial charge in [-0.3, -0.25) is 0 Å². The topological polar surface area (TPSA) is 177 Å². The second-order valence-corrected chi connectivity index (χ2v) is 7.01. The van der Waals surface area contributed by atoms with Crippen LogP contribution < -0.4 is 0 Å². The fraction of sp³-hybridized carbons (Fsp3) is 0.120. The summed E-state index contributed by atoms with van der Waals surface area (Å²) >= 11 is 0. The van der Waals surface area contributed by atoms with Crippen LogP contribution in [0.3, 0.4) is 0 Å². The minimum absolute atomic E-state index is 0.282. The average molecular weight is 494 g/mol. The van der Waals surface area contributed by atoms with Crippen LogP contribution in [0.5, 0.6) is 0 Å². The molecule has 0 atom stereocenters. The standard InChI is InChI=1S/C13H5N3O3.C12H9N3O3/c17-6-14-10-2-1-9-3-11(15-7-18)5-13(16-8-19)12(9)4-10;1-7-10(13-4-16)8(2)12(15-6-18)9(3)11(7)14-5-17/h1-5H;1-3H3. The zero-order chi connectivity index (χ0) is 27.4. The summed E-state index contributed by atoms with van der Waals surface area (Å²) in [5.74, 6) is 0. The molecule has 180 valence electrons. The molecule has 0 radical (unpaired) electrons. The van der Waals surface area contributed by atoms with E-state index in [1.807, 2.05) is 0 Å². The molecule has 3 aromatic carbocycles. The monoisotopic (exact) mass is 494 g/mol. The van der Waals surface area contributed by atoms with Crippen molar-refractivity contribution in [2.45, 2.75) is 20.8 Å². The predicted octanol–water partition coefficient (Wildman–Crippen LogP) is 5.26. The lowest BCUT2D eigenvalue weighted by Gasteiger charge is -2.12. The summed E-state index contributed by atoms with van der Waals surface area (Å²) in [6.07, 6.45) is 8.52. The molecule has 0 aliphatic rings. The van der Waals surface area contributed by atoms with Crippen molar-refractivity contribution < 1.29 is 28.8 Å². The lowest BCUT2D eigenvalue weighted by molar-refractivity contribution is 0.564. The van der Waals surface area contributed by atoms with Gasteiger partial charge in [0.05, 0.1) is 34.1 Å². The van der Waals surface area contributed by atoms with Gasteiger partial charge in [0.2, 0.25) is 36.5 Å². The Hall–Kier alpha value is -5.80. The van der Waals surface area contributed by atoms with Crippen LogP contribution in [0.15, 0.2) is 60.3 Å². The van der Waals surface area contributed by atoms with E-state index >= 15 is 0 Å². The van der Waals surface area contributed by atoms with Gasteiger partial charge in [-0.25, -0.2) is 28.8 Å². The van der Waals surface area contributed by atoms with E-state index in [2.05, 4.69) is 30.0 Å². The Kier molecular flexibility index (Phi) is 9.78. The number of fused-ring (bicyclic) bond motifs is 1. The van der Waals surface area contributed by atoms with E-state index in [0.717, 1.165) is 0 Å². The predicted molar refractivity (Wildman–Crippen MR) is 131 cm³/mol. The number of aliphatic imine (C=N–C) groups is 6. The molecule has 3 rings (SSSR count). The highest BCUT2D eigenvalue weighted by atomic mass is 16.1. The number of benzene rings is 3. The van der Waals surface area contributed by atoms with Gasteiger partial charge in [0.15, 0.2) is 0 Å². The Bertz CT molecular complexity index is 1580. The molecule has 12 nitrogen and oxygen atoms in total. The maximum atomic E-state index is 10.4. The Morgan fingerprint density at radius 1 is 0.486 bits per heavy atom.